The number of nitrogens with one attached hydrogen (secondary N) is 1. The molecule has 4 rings (SSSR count). The minimum Gasteiger partial charge on any atom is -0.241 e. The van der Waals surface area contributed by atoms with Crippen molar-refractivity contribution >= 4 is 17.4 Å². The number of piperazine rings is 1. The fourth-order valence-electron chi connectivity index (χ4n) is 3.72. The van der Waals surface area contributed by atoms with E-state index in [1.165, 1.54) is 16.9 Å². The smallest absolute Gasteiger partial charge is 0.0433 e. The number of hydrogen-bond acceptors (Lipinski definition) is 7. The molecule has 33 heavy (non-hydrogen) atoms. The van der Waals surface area contributed by atoms with E-state index in [0.29, 0.717) is 17.2 Å². The van der Waals surface area contributed by atoms with Crippen LogP contribution in [0.1, 0.15) is 23.1 Å². The van der Waals surface area contributed by atoms with E-state index >= 15 is 0 Å². The van der Waals surface area contributed by atoms with Gasteiger partial charge < -0.3 is 5.32 Å². The average Bonchev–Trinajstić information content (AvgIpc) is 2.85. The fraction of sp³-hybridized carbons (Fsp3) is 0.333. The van der Waals surface area contributed by atoms with Crippen molar-refractivity contribution in [1.29, 1.82) is 0 Å². The predicted molar refractivity (Wildman–Crippen MR) is 125 cm³/mol. The largest absolute Gasteiger partial charge is 0.241 e. The minimum atomic E-state index is -0.304. The molecule has 1 saturated heterocycles. The minimum absolute atomic E-state index is 0.234. The topological polar surface area (TPSA) is 94.5 Å². The van der Waals surface area contributed by atoms with Gasteiger partial charge in [0.2, 0.25) is 0 Å². The Bertz CT molecular complexity index is 1080. The number of amides is 1. The number of aromatic nitrogens is 3. The summed E-state index contributed by atoms with van der Waals surface area (Å²) < 4.78 is 1.24. The molecule has 1 amide bonds. The van der Waals surface area contributed by atoms with Gasteiger partial charge in [-0.2, -0.15) is 0 Å². The van der Waals surface area contributed by atoms with Crippen LogP contribution in [-0.4, -0.2) is 66.5 Å². The van der Waals surface area contributed by atoms with Crippen LogP contribution >= 0.6 is 0 Å². The molecule has 0 spiro atoms. The van der Waals surface area contributed by atoms with Gasteiger partial charge in [0.15, 0.2) is 0 Å². The Hall–Kier alpha value is -2.79. The number of halogens is 1. The number of anilines is 2. The van der Waals surface area contributed by atoms with Crippen molar-refractivity contribution in [3.63, 3.8) is 0 Å². The fourth-order valence-corrected chi connectivity index (χ4v) is 5.37. The summed E-state index contributed by atoms with van der Waals surface area (Å²) >= 11 is 0.275. The summed E-state index contributed by atoms with van der Waals surface area (Å²) in [5.41, 5.74) is 3.16. The Morgan fingerprint density at radius 1 is 1.03 bits per heavy atom. The van der Waals surface area contributed by atoms with Crippen molar-refractivity contribution < 1.29 is 31.1 Å². The number of carbonyl (C=O) groups excluding carboxylic acids is 1. The molecule has 0 unspecified atom stereocenters. The van der Waals surface area contributed by atoms with Crippen LogP contribution in [0.5, 0.6) is 5.75 Å². The third-order valence-corrected chi connectivity index (χ3v) is 7.20. The van der Waals surface area contributed by atoms with Crippen molar-refractivity contribution in [3.05, 3.63) is 60.3 Å². The summed E-state index contributed by atoms with van der Waals surface area (Å²) in [4.78, 5) is 32.3. The zero-order valence-electron chi connectivity index (χ0n) is 18.8. The number of pyridine rings is 1. The van der Waals surface area contributed by atoms with E-state index < -0.39 is 0 Å². The standard InChI is InChI=1S/C24H28IN6O2/c1-3-22-26-14-19(15-27-22)24(33)29-23-5-4-17(13-28-23)18-10-20(12-21(32)11-18)31-8-6-30(7-9-31)16-25-2/h4-5,10-15,32H,3,6-9,16H2,1-2H3,(H,28,29,33)/q-1. The van der Waals surface area contributed by atoms with Gasteiger partial charge in [-0.15, -0.1) is 0 Å². The second-order valence-corrected chi connectivity index (χ2v) is 10.1. The zero-order valence-corrected chi connectivity index (χ0v) is 21.0. The van der Waals surface area contributed by atoms with Crippen LogP contribution in [0.15, 0.2) is 48.9 Å². The van der Waals surface area contributed by atoms with E-state index in [2.05, 4.69) is 41.1 Å². The SMILES string of the molecule is CCc1ncc(C(=O)Nc2ccc(-c3cc(O)cc(N4CCN(C[I-]C)CC4)c3)cn2)cn1. The molecule has 9 heteroatoms. The van der Waals surface area contributed by atoms with Gasteiger partial charge in [0.25, 0.3) is 5.91 Å². The van der Waals surface area contributed by atoms with Crippen molar-refractivity contribution in [3.8, 4) is 16.9 Å². The zero-order chi connectivity index (χ0) is 23.2. The predicted octanol–water partition coefficient (Wildman–Crippen LogP) is -0.143. The second kappa shape index (κ2) is 10.9. The molecule has 0 saturated carbocycles. The molecular formula is C24H28IN6O2-. The van der Waals surface area contributed by atoms with Crippen LogP contribution < -0.4 is 31.4 Å². The number of phenolic OH excluding ortho intramolecular Hbond substituents is 1. The number of benzene rings is 1. The monoisotopic (exact) mass is 559 g/mol. The molecule has 0 atom stereocenters. The number of nitrogens with zero attached hydrogens (tertiary/aromatic N) is 5. The third-order valence-electron chi connectivity index (χ3n) is 5.55. The summed E-state index contributed by atoms with van der Waals surface area (Å²) in [7, 11) is 0. The maximum absolute atomic E-state index is 12.4. The van der Waals surface area contributed by atoms with Gasteiger partial charge in [-0.25, -0.2) is 9.97 Å². The summed E-state index contributed by atoms with van der Waals surface area (Å²) in [5, 5.41) is 13.1. The van der Waals surface area contributed by atoms with Crippen LogP contribution in [-0.2, 0) is 6.42 Å². The Balaban J connectivity index is 1.44. The molecule has 2 N–H and O–H groups in total. The molecular weight excluding hydrogens is 531 g/mol. The van der Waals surface area contributed by atoms with E-state index in [-0.39, 0.29) is 32.9 Å². The number of hydrogen-bond donors (Lipinski definition) is 2. The Labute approximate surface area is 204 Å². The molecule has 174 valence electrons. The number of rotatable bonds is 7. The summed E-state index contributed by atoms with van der Waals surface area (Å²) in [6.45, 7) is 5.99. The van der Waals surface area contributed by atoms with E-state index in [1.54, 1.807) is 18.3 Å². The Kier molecular flexibility index (Phi) is 7.71. The first kappa shape index (κ1) is 23.4. The van der Waals surface area contributed by atoms with Crippen molar-refractivity contribution in [2.45, 2.75) is 13.3 Å². The molecule has 1 fully saturated rings. The molecule has 2 aromatic heterocycles. The number of aryl methyl sites for hydroxylation is 1. The van der Waals surface area contributed by atoms with Gasteiger partial charge in [-0.05, 0) is 0 Å². The Morgan fingerprint density at radius 3 is 2.42 bits per heavy atom. The second-order valence-electron chi connectivity index (χ2n) is 7.86. The van der Waals surface area contributed by atoms with Crippen molar-refractivity contribution in [2.75, 3.05) is 45.9 Å². The van der Waals surface area contributed by atoms with Crippen LogP contribution in [0.25, 0.3) is 11.1 Å². The van der Waals surface area contributed by atoms with E-state index in [4.69, 9.17) is 0 Å². The molecule has 1 aliphatic heterocycles. The quantitative estimate of drug-likeness (QED) is 0.237. The first-order valence-electron chi connectivity index (χ1n) is 10.9. The number of carbonyl (C=O) groups is 1. The molecule has 3 heterocycles. The number of aromatic hydroxyl groups is 1. The molecule has 0 aliphatic carbocycles. The molecule has 3 aromatic rings. The van der Waals surface area contributed by atoms with E-state index in [9.17, 15) is 9.90 Å². The molecule has 1 aromatic carbocycles. The first-order chi connectivity index (χ1) is 16.1. The summed E-state index contributed by atoms with van der Waals surface area (Å²) in [6.07, 6.45) is 5.46. The maximum Gasteiger partial charge on any atom is 0.0433 e. The summed E-state index contributed by atoms with van der Waals surface area (Å²) in [5.74, 6) is 1.07. The normalized spacial score (nSPS) is 14.4. The van der Waals surface area contributed by atoms with Gasteiger partial charge >= 0.3 is 142 Å². The van der Waals surface area contributed by atoms with Crippen LogP contribution in [0, 0.1) is 0 Å². The number of phenols is 1. The van der Waals surface area contributed by atoms with Gasteiger partial charge in [0, 0.05) is 18.8 Å². The molecule has 1 aliphatic rings. The van der Waals surface area contributed by atoms with Gasteiger partial charge in [0.05, 0.1) is 5.56 Å². The van der Waals surface area contributed by atoms with Gasteiger partial charge in [0.1, 0.15) is 5.82 Å². The van der Waals surface area contributed by atoms with E-state index in [0.717, 1.165) is 49.4 Å². The van der Waals surface area contributed by atoms with Crippen LogP contribution in [0.2, 0.25) is 0 Å². The molecule has 8 nitrogen and oxygen atoms in total. The molecule has 0 radical (unpaired) electrons. The van der Waals surface area contributed by atoms with Gasteiger partial charge in [-0.3, -0.25) is 4.79 Å². The van der Waals surface area contributed by atoms with Crippen molar-refractivity contribution in [2.24, 2.45) is 0 Å². The van der Waals surface area contributed by atoms with Crippen LogP contribution in [0.4, 0.5) is 11.5 Å². The number of alkyl halides is 2. The maximum atomic E-state index is 12.4. The van der Waals surface area contributed by atoms with Crippen LogP contribution in [0.3, 0.4) is 0 Å². The molecule has 0 bridgehead atoms. The first-order valence-corrected chi connectivity index (χ1v) is 14.6. The third kappa shape index (κ3) is 5.97. The van der Waals surface area contributed by atoms with Gasteiger partial charge in [-0.1, -0.05) is 6.92 Å². The Morgan fingerprint density at radius 2 is 1.79 bits per heavy atom. The van der Waals surface area contributed by atoms with E-state index in [1.807, 2.05) is 19.1 Å². The van der Waals surface area contributed by atoms with Crippen molar-refractivity contribution in [1.82, 2.24) is 19.9 Å². The summed E-state index contributed by atoms with van der Waals surface area (Å²) in [6, 6.07) is 9.29. The average molecular weight is 559 g/mol.